The predicted octanol–water partition coefficient (Wildman–Crippen LogP) is 3.00. The number of fused-ring (bicyclic) bond motifs is 3. The Morgan fingerprint density at radius 3 is 2.84 bits per heavy atom. The number of halogens is 2. The summed E-state index contributed by atoms with van der Waals surface area (Å²) >= 11 is 0. The number of hydrogen-bond acceptors (Lipinski definition) is 6. The number of aromatic nitrogens is 6. The summed E-state index contributed by atoms with van der Waals surface area (Å²) in [5.74, 6) is 0.492. The second-order valence-corrected chi connectivity index (χ2v) is 7.98. The van der Waals surface area contributed by atoms with Crippen LogP contribution in [0.15, 0.2) is 24.5 Å². The van der Waals surface area contributed by atoms with Crippen molar-refractivity contribution in [2.45, 2.75) is 38.7 Å². The van der Waals surface area contributed by atoms with Gasteiger partial charge in [0.2, 0.25) is 11.9 Å². The fraction of sp³-hybridized carbons (Fsp3) is 0.381. The molecule has 1 amide bonds. The van der Waals surface area contributed by atoms with Crippen LogP contribution in [0.1, 0.15) is 36.8 Å². The molecule has 1 aromatic carbocycles. The Morgan fingerprint density at radius 2 is 2.09 bits per heavy atom. The van der Waals surface area contributed by atoms with Crippen LogP contribution in [0, 0.1) is 6.92 Å². The van der Waals surface area contributed by atoms with Gasteiger partial charge >= 0.3 is 0 Å². The lowest BCUT2D eigenvalue weighted by molar-refractivity contribution is -0.121. The molecule has 1 saturated heterocycles. The maximum Gasteiger partial charge on any atom is 0.264 e. The molecule has 3 aromatic heterocycles. The number of carbonyl (C=O) groups excluding carboxylic acids is 1. The normalized spacial score (nSPS) is 17.2. The molecule has 5 rings (SSSR count). The van der Waals surface area contributed by atoms with Crippen molar-refractivity contribution in [2.24, 2.45) is 7.05 Å². The third kappa shape index (κ3) is 3.43. The molecular weight excluding hydrogens is 418 g/mol. The van der Waals surface area contributed by atoms with Gasteiger partial charge in [-0.05, 0) is 37.8 Å². The average Bonchev–Trinajstić information content (AvgIpc) is 3.33. The lowest BCUT2D eigenvalue weighted by Crippen LogP contribution is -2.38. The zero-order chi connectivity index (χ0) is 22.4. The highest BCUT2D eigenvalue weighted by Crippen LogP contribution is 2.34. The number of alkyl halides is 2. The molecule has 1 atom stereocenters. The number of carbonyl (C=O) groups is 1. The van der Waals surface area contributed by atoms with Gasteiger partial charge in [0.25, 0.3) is 6.43 Å². The van der Waals surface area contributed by atoms with E-state index >= 15 is 0 Å². The zero-order valence-corrected chi connectivity index (χ0v) is 17.6. The van der Waals surface area contributed by atoms with E-state index in [0.717, 1.165) is 12.8 Å². The van der Waals surface area contributed by atoms with Crippen molar-refractivity contribution >= 4 is 28.4 Å². The highest BCUT2D eigenvalue weighted by Gasteiger charge is 2.26. The molecule has 0 spiro atoms. The Balaban J connectivity index is 1.75. The molecule has 4 aromatic rings. The molecule has 0 aliphatic carbocycles. The summed E-state index contributed by atoms with van der Waals surface area (Å²) in [6.45, 7) is 2.26. The van der Waals surface area contributed by atoms with Crippen LogP contribution in [0.5, 0.6) is 0 Å². The van der Waals surface area contributed by atoms with Crippen LogP contribution in [0.4, 0.5) is 14.7 Å². The number of nitrogens with one attached hydrogen (secondary N) is 2. The van der Waals surface area contributed by atoms with Crippen LogP contribution >= 0.6 is 0 Å². The molecule has 1 fully saturated rings. The SMILES string of the molecule is Cc1ccc2nc(N[C@@H]3CCCCNC3=O)n3nc(-c4cnn(C)c4)nc3c2c1C(F)F. The maximum absolute atomic E-state index is 14.0. The molecule has 32 heavy (non-hydrogen) atoms. The topological polar surface area (TPSA) is 102 Å². The van der Waals surface area contributed by atoms with Crippen LogP contribution in [0.2, 0.25) is 0 Å². The number of anilines is 1. The molecule has 9 nitrogen and oxygen atoms in total. The van der Waals surface area contributed by atoms with Crippen molar-refractivity contribution in [2.75, 3.05) is 11.9 Å². The van der Waals surface area contributed by atoms with Crippen molar-refractivity contribution < 1.29 is 13.6 Å². The number of aryl methyl sites for hydroxylation is 2. The summed E-state index contributed by atoms with van der Waals surface area (Å²) in [4.78, 5) is 21.6. The molecule has 0 bridgehead atoms. The summed E-state index contributed by atoms with van der Waals surface area (Å²) in [5.41, 5.74) is 1.59. The van der Waals surface area contributed by atoms with Gasteiger partial charge in [-0.2, -0.15) is 9.61 Å². The van der Waals surface area contributed by atoms with Gasteiger partial charge in [-0.3, -0.25) is 9.48 Å². The average molecular weight is 440 g/mol. The molecule has 0 radical (unpaired) electrons. The van der Waals surface area contributed by atoms with Crippen LogP contribution in [-0.2, 0) is 11.8 Å². The first-order valence-corrected chi connectivity index (χ1v) is 10.4. The highest BCUT2D eigenvalue weighted by molar-refractivity contribution is 5.97. The molecule has 166 valence electrons. The van der Waals surface area contributed by atoms with Gasteiger partial charge in [0.05, 0.1) is 22.7 Å². The van der Waals surface area contributed by atoms with E-state index in [1.807, 2.05) is 0 Å². The van der Waals surface area contributed by atoms with Gasteiger partial charge in [0.15, 0.2) is 11.5 Å². The summed E-state index contributed by atoms with van der Waals surface area (Å²) in [6, 6.07) is 2.80. The van der Waals surface area contributed by atoms with E-state index in [4.69, 9.17) is 0 Å². The largest absolute Gasteiger partial charge is 0.354 e. The van der Waals surface area contributed by atoms with E-state index in [1.165, 1.54) is 4.52 Å². The maximum atomic E-state index is 14.0. The minimum atomic E-state index is -2.70. The van der Waals surface area contributed by atoms with Crippen LogP contribution in [0.25, 0.3) is 27.9 Å². The Hall–Kier alpha value is -3.63. The Bertz CT molecular complexity index is 1330. The Kier molecular flexibility index (Phi) is 4.95. The van der Waals surface area contributed by atoms with Crippen molar-refractivity contribution in [3.8, 4) is 11.4 Å². The Labute approximate surface area is 181 Å². The molecule has 11 heteroatoms. The Morgan fingerprint density at radius 1 is 1.25 bits per heavy atom. The summed E-state index contributed by atoms with van der Waals surface area (Å²) in [5, 5.41) is 15.0. The van der Waals surface area contributed by atoms with Crippen LogP contribution < -0.4 is 10.6 Å². The number of amides is 1. The molecule has 4 heterocycles. The van der Waals surface area contributed by atoms with Crippen molar-refractivity contribution in [1.82, 2.24) is 34.7 Å². The predicted molar refractivity (Wildman–Crippen MR) is 114 cm³/mol. The number of nitrogens with zero attached hydrogens (tertiary/aromatic N) is 6. The van der Waals surface area contributed by atoms with E-state index < -0.39 is 12.5 Å². The number of hydrogen-bond donors (Lipinski definition) is 2. The smallest absolute Gasteiger partial charge is 0.264 e. The van der Waals surface area contributed by atoms with Crippen LogP contribution in [-0.4, -0.2) is 47.9 Å². The molecule has 0 saturated carbocycles. The summed E-state index contributed by atoms with van der Waals surface area (Å²) in [6.07, 6.45) is 3.06. The number of benzene rings is 1. The van der Waals surface area contributed by atoms with Gasteiger partial charge in [0.1, 0.15) is 6.04 Å². The summed E-state index contributed by atoms with van der Waals surface area (Å²) < 4.78 is 31.1. The third-order valence-corrected chi connectivity index (χ3v) is 5.72. The molecule has 1 aliphatic rings. The van der Waals surface area contributed by atoms with E-state index in [-0.39, 0.29) is 28.5 Å². The lowest BCUT2D eigenvalue weighted by atomic mass is 10.0. The lowest BCUT2D eigenvalue weighted by Gasteiger charge is -2.17. The monoisotopic (exact) mass is 440 g/mol. The highest BCUT2D eigenvalue weighted by atomic mass is 19.3. The molecule has 2 N–H and O–H groups in total. The van der Waals surface area contributed by atoms with Gasteiger partial charge in [-0.1, -0.05) is 6.07 Å². The second-order valence-electron chi connectivity index (χ2n) is 7.98. The van der Waals surface area contributed by atoms with E-state index in [2.05, 4.69) is 30.8 Å². The van der Waals surface area contributed by atoms with E-state index in [1.54, 1.807) is 43.2 Å². The third-order valence-electron chi connectivity index (χ3n) is 5.72. The first kappa shape index (κ1) is 20.3. The first-order valence-electron chi connectivity index (χ1n) is 10.4. The zero-order valence-electron chi connectivity index (χ0n) is 17.6. The first-order chi connectivity index (χ1) is 15.4. The van der Waals surface area contributed by atoms with Gasteiger partial charge < -0.3 is 10.6 Å². The molecular formula is C21H22F2N8O. The quantitative estimate of drug-likeness (QED) is 0.506. The van der Waals surface area contributed by atoms with Crippen molar-refractivity contribution in [3.63, 3.8) is 0 Å². The van der Waals surface area contributed by atoms with Crippen molar-refractivity contribution in [3.05, 3.63) is 35.7 Å². The minimum absolute atomic E-state index is 0.121. The fourth-order valence-electron chi connectivity index (χ4n) is 4.09. The second kappa shape index (κ2) is 7.81. The number of rotatable bonds is 4. The van der Waals surface area contributed by atoms with E-state index in [0.29, 0.717) is 35.4 Å². The van der Waals surface area contributed by atoms with Gasteiger partial charge in [0, 0.05) is 25.4 Å². The van der Waals surface area contributed by atoms with E-state index in [9.17, 15) is 13.6 Å². The van der Waals surface area contributed by atoms with Crippen LogP contribution in [0.3, 0.4) is 0 Å². The van der Waals surface area contributed by atoms with Gasteiger partial charge in [-0.25, -0.2) is 18.7 Å². The van der Waals surface area contributed by atoms with Crippen molar-refractivity contribution in [1.29, 1.82) is 0 Å². The minimum Gasteiger partial charge on any atom is -0.354 e. The standard InChI is InChI=1S/C21H22F2N8O/c1-11-6-7-13-16(15(11)17(22)23)19-28-18(12-9-25-30(2)10-12)29-31(19)21(26-13)27-14-5-3-4-8-24-20(14)32/h6-7,9-10,14,17H,3-5,8H2,1-2H3,(H,24,32)(H,26,27)/t14-/m1/s1. The summed E-state index contributed by atoms with van der Waals surface area (Å²) in [7, 11) is 1.77. The fourth-order valence-corrected chi connectivity index (χ4v) is 4.09. The van der Waals surface area contributed by atoms with Gasteiger partial charge in [-0.15, -0.1) is 5.10 Å². The molecule has 1 aliphatic heterocycles. The molecule has 0 unspecified atom stereocenters.